The fourth-order valence-electron chi connectivity index (χ4n) is 3.76. The summed E-state index contributed by atoms with van der Waals surface area (Å²) in [7, 11) is -3.37. The summed E-state index contributed by atoms with van der Waals surface area (Å²) in [4.78, 5) is 0. The van der Waals surface area contributed by atoms with Gasteiger partial charge in [0, 0.05) is 0 Å². The van der Waals surface area contributed by atoms with E-state index < -0.39 is 15.6 Å². The first-order chi connectivity index (χ1) is 9.94. The average molecular weight is 315 g/mol. The van der Waals surface area contributed by atoms with Gasteiger partial charge in [0.05, 0.1) is 11.3 Å². The lowest BCUT2D eigenvalue weighted by Crippen LogP contribution is -2.57. The Labute approximate surface area is 128 Å². The molecule has 0 atom stereocenters. The first-order valence-corrected chi connectivity index (χ1v) is 9.95. The maximum Gasteiger partial charge on any atom is 0.212 e. The highest BCUT2D eigenvalue weighted by Gasteiger charge is 2.38. The normalized spacial score (nSPS) is 24.4. The summed E-state index contributed by atoms with van der Waals surface area (Å²) in [6.07, 6.45) is 10.9. The van der Waals surface area contributed by atoms with E-state index in [1.807, 2.05) is 0 Å². The first kappa shape index (κ1) is 16.7. The van der Waals surface area contributed by atoms with E-state index in [2.05, 4.69) is 4.72 Å². The van der Waals surface area contributed by atoms with Crippen molar-refractivity contribution in [2.45, 2.75) is 76.2 Å². The van der Waals surface area contributed by atoms with Crippen LogP contribution in [-0.4, -0.2) is 25.5 Å². The molecular weight excluding hydrogens is 286 g/mol. The summed E-state index contributed by atoms with van der Waals surface area (Å²) in [5.74, 6) is 0.449. The number of hydrogen-bond donors (Lipinski definition) is 3. The molecule has 2 saturated carbocycles. The SMILES string of the molecule is N=C(N)C1(NS(=O)(=O)CC2CCCCC2)CCCCCC1. The smallest absolute Gasteiger partial charge is 0.212 e. The second-order valence-electron chi connectivity index (χ2n) is 6.80. The van der Waals surface area contributed by atoms with Gasteiger partial charge in [0.25, 0.3) is 0 Å². The molecule has 2 aliphatic carbocycles. The molecule has 0 unspecified atom stereocenters. The zero-order chi connectivity index (χ0) is 15.3. The quantitative estimate of drug-likeness (QED) is 0.413. The molecule has 0 spiro atoms. The molecule has 2 aliphatic rings. The van der Waals surface area contributed by atoms with E-state index in [0.717, 1.165) is 51.4 Å². The minimum absolute atomic E-state index is 0.0170. The second kappa shape index (κ2) is 7.09. The van der Waals surface area contributed by atoms with Crippen molar-refractivity contribution in [2.24, 2.45) is 11.7 Å². The highest BCUT2D eigenvalue weighted by Crippen LogP contribution is 2.29. The van der Waals surface area contributed by atoms with Crippen molar-refractivity contribution in [3.05, 3.63) is 0 Å². The third kappa shape index (κ3) is 4.68. The molecule has 2 fully saturated rings. The van der Waals surface area contributed by atoms with Crippen molar-refractivity contribution in [3.8, 4) is 0 Å². The molecule has 21 heavy (non-hydrogen) atoms. The van der Waals surface area contributed by atoms with Crippen molar-refractivity contribution < 1.29 is 8.42 Å². The molecule has 0 saturated heterocycles. The molecule has 2 rings (SSSR count). The molecule has 0 amide bonds. The number of rotatable bonds is 5. The van der Waals surface area contributed by atoms with Crippen LogP contribution in [0.3, 0.4) is 0 Å². The Hall–Kier alpha value is -0.620. The lowest BCUT2D eigenvalue weighted by atomic mass is 9.90. The third-order valence-electron chi connectivity index (χ3n) is 5.00. The van der Waals surface area contributed by atoms with Crippen molar-refractivity contribution in [1.29, 1.82) is 5.41 Å². The van der Waals surface area contributed by atoms with Gasteiger partial charge in [0.15, 0.2) is 0 Å². The van der Waals surface area contributed by atoms with E-state index in [0.29, 0.717) is 12.8 Å². The molecule has 4 N–H and O–H groups in total. The van der Waals surface area contributed by atoms with Crippen LogP contribution in [0.2, 0.25) is 0 Å². The zero-order valence-corrected chi connectivity index (χ0v) is 13.7. The lowest BCUT2D eigenvalue weighted by Gasteiger charge is -2.33. The molecular formula is C15H29N3O2S. The van der Waals surface area contributed by atoms with Crippen LogP contribution in [0.25, 0.3) is 0 Å². The largest absolute Gasteiger partial charge is 0.386 e. The van der Waals surface area contributed by atoms with Crippen molar-refractivity contribution >= 4 is 15.9 Å². The highest BCUT2D eigenvalue weighted by atomic mass is 32.2. The van der Waals surface area contributed by atoms with Gasteiger partial charge >= 0.3 is 0 Å². The Morgan fingerprint density at radius 1 is 1.05 bits per heavy atom. The molecule has 0 aromatic heterocycles. The standard InChI is InChI=1S/C15H29N3O2S/c16-14(17)15(10-6-1-2-7-11-15)18-21(19,20)12-13-8-4-3-5-9-13/h13,18H,1-12H2,(H3,16,17). The minimum atomic E-state index is -3.37. The Morgan fingerprint density at radius 2 is 1.57 bits per heavy atom. The van der Waals surface area contributed by atoms with E-state index in [1.54, 1.807) is 0 Å². The monoisotopic (exact) mass is 315 g/mol. The van der Waals surface area contributed by atoms with E-state index in [9.17, 15) is 8.42 Å². The van der Waals surface area contributed by atoms with Crippen molar-refractivity contribution in [2.75, 3.05) is 5.75 Å². The van der Waals surface area contributed by atoms with Gasteiger partial charge < -0.3 is 5.73 Å². The Morgan fingerprint density at radius 3 is 2.10 bits per heavy atom. The number of nitrogens with one attached hydrogen (secondary N) is 2. The van der Waals surface area contributed by atoms with Crippen LogP contribution in [0.4, 0.5) is 0 Å². The number of sulfonamides is 1. The van der Waals surface area contributed by atoms with Crippen LogP contribution >= 0.6 is 0 Å². The molecule has 0 aromatic carbocycles. The van der Waals surface area contributed by atoms with Gasteiger partial charge in [-0.3, -0.25) is 5.41 Å². The fraction of sp³-hybridized carbons (Fsp3) is 0.933. The van der Waals surface area contributed by atoms with Crippen LogP contribution in [-0.2, 0) is 10.0 Å². The van der Waals surface area contributed by atoms with Gasteiger partial charge in [-0.05, 0) is 31.6 Å². The van der Waals surface area contributed by atoms with Crippen LogP contribution in [0.5, 0.6) is 0 Å². The Balaban J connectivity index is 2.05. The molecule has 6 heteroatoms. The maximum absolute atomic E-state index is 12.5. The zero-order valence-electron chi connectivity index (χ0n) is 12.9. The number of nitrogens with two attached hydrogens (primary N) is 1. The topological polar surface area (TPSA) is 96.0 Å². The molecule has 0 radical (unpaired) electrons. The van der Waals surface area contributed by atoms with E-state index in [1.165, 1.54) is 6.42 Å². The van der Waals surface area contributed by atoms with Gasteiger partial charge in [-0.1, -0.05) is 44.9 Å². The summed E-state index contributed by atoms with van der Waals surface area (Å²) in [5, 5.41) is 7.88. The van der Waals surface area contributed by atoms with Crippen molar-refractivity contribution in [1.82, 2.24) is 4.72 Å². The van der Waals surface area contributed by atoms with E-state index >= 15 is 0 Å². The molecule has 0 heterocycles. The number of hydrogen-bond acceptors (Lipinski definition) is 3. The summed E-state index contributed by atoms with van der Waals surface area (Å²) < 4.78 is 27.9. The van der Waals surface area contributed by atoms with Gasteiger partial charge in [-0.15, -0.1) is 0 Å². The maximum atomic E-state index is 12.5. The predicted molar refractivity (Wildman–Crippen MR) is 85.8 cm³/mol. The van der Waals surface area contributed by atoms with Crippen LogP contribution in [0.15, 0.2) is 0 Å². The molecule has 122 valence electrons. The lowest BCUT2D eigenvalue weighted by molar-refractivity contribution is 0.378. The fourth-order valence-corrected chi connectivity index (χ4v) is 5.71. The summed E-state index contributed by atoms with van der Waals surface area (Å²) >= 11 is 0. The molecule has 0 aromatic rings. The Bertz CT molecular complexity index is 448. The van der Waals surface area contributed by atoms with Gasteiger partial charge in [-0.2, -0.15) is 0 Å². The van der Waals surface area contributed by atoms with Crippen LogP contribution in [0.1, 0.15) is 70.6 Å². The van der Waals surface area contributed by atoms with Gasteiger partial charge in [0.1, 0.15) is 5.84 Å². The second-order valence-corrected chi connectivity index (χ2v) is 8.56. The highest BCUT2D eigenvalue weighted by molar-refractivity contribution is 7.89. The number of amidine groups is 1. The third-order valence-corrected chi connectivity index (χ3v) is 6.62. The molecule has 0 aliphatic heterocycles. The van der Waals surface area contributed by atoms with Crippen LogP contribution < -0.4 is 10.5 Å². The first-order valence-electron chi connectivity index (χ1n) is 8.30. The van der Waals surface area contributed by atoms with Crippen molar-refractivity contribution in [3.63, 3.8) is 0 Å². The van der Waals surface area contributed by atoms with Crippen LogP contribution in [0, 0.1) is 11.3 Å². The summed E-state index contributed by atoms with van der Waals surface area (Å²) in [5.41, 5.74) is 4.94. The molecule has 0 bridgehead atoms. The van der Waals surface area contributed by atoms with Gasteiger partial charge in [-0.25, -0.2) is 13.1 Å². The average Bonchev–Trinajstić information content (AvgIpc) is 2.65. The van der Waals surface area contributed by atoms with Gasteiger partial charge in [0.2, 0.25) is 10.0 Å². The van der Waals surface area contributed by atoms with E-state index in [4.69, 9.17) is 11.1 Å². The molecule has 5 nitrogen and oxygen atoms in total. The summed E-state index contributed by atoms with van der Waals surface area (Å²) in [6.45, 7) is 0. The van der Waals surface area contributed by atoms with E-state index in [-0.39, 0.29) is 17.5 Å². The predicted octanol–water partition coefficient (Wildman–Crippen LogP) is 2.52. The summed E-state index contributed by atoms with van der Waals surface area (Å²) in [6, 6.07) is 0. The Kier molecular flexibility index (Phi) is 5.66. The minimum Gasteiger partial charge on any atom is -0.386 e.